The van der Waals surface area contributed by atoms with E-state index in [0.717, 1.165) is 5.56 Å². The van der Waals surface area contributed by atoms with Crippen LogP contribution in [0.25, 0.3) is 0 Å². The molecule has 0 bridgehead atoms. The molecule has 2 aromatic rings. The van der Waals surface area contributed by atoms with E-state index in [1.165, 1.54) is 4.90 Å². The molecule has 0 aliphatic carbocycles. The third kappa shape index (κ3) is 23.4. The van der Waals surface area contributed by atoms with Crippen LogP contribution in [0.15, 0.2) is 54.6 Å². The fraction of sp³-hybridized carbons (Fsp3) is 0.625. The van der Waals surface area contributed by atoms with Crippen molar-refractivity contribution in [1.29, 1.82) is 0 Å². The second-order valence-electron chi connectivity index (χ2n) is 12.0. The van der Waals surface area contributed by atoms with Gasteiger partial charge in [0.15, 0.2) is 0 Å². The molecule has 3 rings (SSSR count). The molecule has 0 aromatic heterocycles. The number of fused-ring (bicyclic) bond motifs is 1. The van der Waals surface area contributed by atoms with Gasteiger partial charge in [-0.3, -0.25) is 14.5 Å². The highest BCUT2D eigenvalue weighted by Crippen LogP contribution is 2.21. The molecule has 0 unspecified atom stereocenters. The Bertz CT molecular complexity index is 1290. The van der Waals surface area contributed by atoms with E-state index < -0.39 is 6.09 Å². The normalized spacial score (nSPS) is 12.4. The van der Waals surface area contributed by atoms with Gasteiger partial charge in [-0.2, -0.15) is 0 Å². The molecular weight excluding hydrogens is 748 g/mol. The van der Waals surface area contributed by atoms with Crippen LogP contribution in [0.3, 0.4) is 0 Å². The van der Waals surface area contributed by atoms with Crippen molar-refractivity contribution in [2.24, 2.45) is 0 Å². The van der Waals surface area contributed by atoms with Crippen LogP contribution in [0, 0.1) is 0 Å². The predicted molar refractivity (Wildman–Crippen MR) is 205 cm³/mol. The Balaban J connectivity index is 0.902. The summed E-state index contributed by atoms with van der Waals surface area (Å²) in [6.07, 6.45) is -0.476. The van der Waals surface area contributed by atoms with E-state index in [1.54, 1.807) is 24.3 Å². The average Bonchev–Trinajstić information content (AvgIpc) is 3.47. The molecule has 57 heavy (non-hydrogen) atoms. The third-order valence-corrected chi connectivity index (χ3v) is 7.79. The number of alkyl carbamates (subject to hydrolysis) is 1. The minimum Gasteiger partial charge on any atom is -0.445 e. The zero-order valence-corrected chi connectivity index (χ0v) is 32.9. The fourth-order valence-corrected chi connectivity index (χ4v) is 4.90. The third-order valence-electron chi connectivity index (χ3n) is 7.79. The number of hydrogen-bond donors (Lipinski definition) is 1. The maximum absolute atomic E-state index is 12.3. The van der Waals surface area contributed by atoms with Crippen LogP contribution in [0.1, 0.15) is 26.3 Å². The summed E-state index contributed by atoms with van der Waals surface area (Å²) >= 11 is 0. The lowest BCUT2D eigenvalue weighted by molar-refractivity contribution is -0.0275. The van der Waals surface area contributed by atoms with E-state index in [4.69, 9.17) is 56.8 Å². The molecule has 17 nitrogen and oxygen atoms in total. The standard InChI is InChI=1S/C40H60N2O15/c43-38-36-8-4-5-9-37(36)39(44)42(38)11-13-47-15-17-49-19-21-51-23-25-53-27-29-55-31-33-56-32-30-54-28-26-52-24-22-50-20-18-48-16-14-46-12-10-41-40(45)57-34-35-6-2-1-3-7-35/h1-9H,10-34H2,(H,41,45). The molecule has 2 aromatic carbocycles. The quantitative estimate of drug-likeness (QED) is 0.0773. The number of rotatable bonds is 38. The van der Waals surface area contributed by atoms with Crippen molar-refractivity contribution in [3.05, 3.63) is 71.3 Å². The summed E-state index contributed by atoms with van der Waals surface area (Å²) in [5.74, 6) is -0.565. The van der Waals surface area contributed by atoms with E-state index in [1.807, 2.05) is 30.3 Å². The Kier molecular flexibility index (Phi) is 28.0. The van der Waals surface area contributed by atoms with Gasteiger partial charge in [0, 0.05) is 6.54 Å². The molecule has 1 N–H and O–H groups in total. The van der Waals surface area contributed by atoms with Crippen molar-refractivity contribution in [2.75, 3.05) is 158 Å². The van der Waals surface area contributed by atoms with Crippen LogP contribution in [0.5, 0.6) is 0 Å². The maximum atomic E-state index is 12.3. The molecule has 17 heteroatoms. The van der Waals surface area contributed by atoms with E-state index >= 15 is 0 Å². The van der Waals surface area contributed by atoms with Crippen LogP contribution in [0.2, 0.25) is 0 Å². The number of amides is 3. The molecule has 0 saturated heterocycles. The Morgan fingerprint density at radius 3 is 1.11 bits per heavy atom. The molecule has 0 fully saturated rings. The fourth-order valence-electron chi connectivity index (χ4n) is 4.90. The maximum Gasteiger partial charge on any atom is 0.407 e. The van der Waals surface area contributed by atoms with E-state index in [-0.39, 0.29) is 31.6 Å². The monoisotopic (exact) mass is 808 g/mol. The number of imide groups is 1. The Labute approximate surface area is 335 Å². The molecule has 0 spiro atoms. The van der Waals surface area contributed by atoms with Crippen molar-refractivity contribution >= 4 is 17.9 Å². The highest BCUT2D eigenvalue weighted by atomic mass is 16.6. The second-order valence-corrected chi connectivity index (χ2v) is 12.0. The van der Waals surface area contributed by atoms with Gasteiger partial charge < -0.3 is 62.2 Å². The number of hydrogen-bond acceptors (Lipinski definition) is 15. The number of carbonyl (C=O) groups is 3. The van der Waals surface area contributed by atoms with E-state index in [9.17, 15) is 14.4 Å². The van der Waals surface area contributed by atoms with Gasteiger partial charge in [0.1, 0.15) is 6.61 Å². The van der Waals surface area contributed by atoms with Gasteiger partial charge in [0.25, 0.3) is 11.8 Å². The van der Waals surface area contributed by atoms with Crippen molar-refractivity contribution in [1.82, 2.24) is 10.2 Å². The number of benzene rings is 2. The van der Waals surface area contributed by atoms with Crippen LogP contribution in [-0.2, 0) is 63.4 Å². The molecule has 0 radical (unpaired) electrons. The zero-order chi connectivity index (χ0) is 40.3. The Morgan fingerprint density at radius 2 is 0.737 bits per heavy atom. The SMILES string of the molecule is O=C(NCCOCCOCCOCCOCCOCCOCCOCCOCCOCCOCCOCCN1C(=O)c2ccccc2C1=O)OCc1ccccc1. The molecule has 1 aliphatic rings. The molecule has 320 valence electrons. The van der Waals surface area contributed by atoms with Gasteiger partial charge in [-0.15, -0.1) is 0 Å². The lowest BCUT2D eigenvalue weighted by Crippen LogP contribution is -2.33. The largest absolute Gasteiger partial charge is 0.445 e. The van der Waals surface area contributed by atoms with Gasteiger partial charge in [-0.1, -0.05) is 42.5 Å². The summed E-state index contributed by atoms with van der Waals surface area (Å²) in [6, 6.07) is 16.3. The van der Waals surface area contributed by atoms with Gasteiger partial charge >= 0.3 is 6.09 Å². The van der Waals surface area contributed by atoms with Gasteiger partial charge in [-0.05, 0) is 17.7 Å². The average molecular weight is 809 g/mol. The first-order chi connectivity index (χ1) is 28.2. The van der Waals surface area contributed by atoms with Crippen LogP contribution < -0.4 is 5.32 Å². The number of carbonyl (C=O) groups excluding carboxylic acids is 3. The van der Waals surface area contributed by atoms with Crippen molar-refractivity contribution in [3.8, 4) is 0 Å². The van der Waals surface area contributed by atoms with Crippen LogP contribution in [-0.4, -0.2) is 181 Å². The summed E-state index contributed by atoms with van der Waals surface area (Å²) in [5, 5.41) is 2.64. The van der Waals surface area contributed by atoms with Gasteiger partial charge in [0.2, 0.25) is 0 Å². The minimum atomic E-state index is -0.476. The summed E-state index contributed by atoms with van der Waals surface area (Å²) in [6.45, 7) is 10.4. The first-order valence-electron chi connectivity index (χ1n) is 19.4. The first kappa shape index (κ1) is 47.8. The predicted octanol–water partition coefficient (Wildman–Crippen LogP) is 2.39. The summed E-state index contributed by atoms with van der Waals surface area (Å²) in [5.41, 5.74) is 1.81. The summed E-state index contributed by atoms with van der Waals surface area (Å²) in [7, 11) is 0. The molecule has 0 atom stereocenters. The summed E-state index contributed by atoms with van der Waals surface area (Å²) in [4.78, 5) is 37.5. The number of ether oxygens (including phenoxy) is 12. The topological polar surface area (TPSA) is 177 Å². The highest BCUT2D eigenvalue weighted by Gasteiger charge is 2.34. The molecule has 0 saturated carbocycles. The lowest BCUT2D eigenvalue weighted by atomic mass is 10.1. The van der Waals surface area contributed by atoms with Gasteiger partial charge in [-0.25, -0.2) is 4.79 Å². The number of nitrogens with zero attached hydrogens (tertiary/aromatic N) is 1. The van der Waals surface area contributed by atoms with Crippen LogP contribution in [0.4, 0.5) is 4.79 Å². The van der Waals surface area contributed by atoms with Crippen molar-refractivity contribution < 1.29 is 71.2 Å². The van der Waals surface area contributed by atoms with E-state index in [0.29, 0.717) is 156 Å². The molecule has 1 aliphatic heterocycles. The second kappa shape index (κ2) is 33.4. The lowest BCUT2D eigenvalue weighted by Gasteiger charge is -2.13. The Morgan fingerprint density at radius 1 is 0.421 bits per heavy atom. The van der Waals surface area contributed by atoms with Gasteiger partial charge in [0.05, 0.1) is 163 Å². The number of nitrogens with one attached hydrogen (secondary N) is 1. The van der Waals surface area contributed by atoms with Crippen LogP contribution >= 0.6 is 0 Å². The smallest absolute Gasteiger partial charge is 0.407 e. The molecule has 3 amide bonds. The van der Waals surface area contributed by atoms with E-state index in [2.05, 4.69) is 5.32 Å². The highest BCUT2D eigenvalue weighted by molar-refractivity contribution is 6.21. The molecular formula is C40H60N2O15. The zero-order valence-electron chi connectivity index (χ0n) is 32.9. The Hall–Kier alpha value is -3.59. The molecule has 1 heterocycles. The van der Waals surface area contributed by atoms with Crippen molar-refractivity contribution in [2.45, 2.75) is 6.61 Å². The van der Waals surface area contributed by atoms with Crippen molar-refractivity contribution in [3.63, 3.8) is 0 Å². The summed E-state index contributed by atoms with van der Waals surface area (Å²) < 4.78 is 65.4. The minimum absolute atomic E-state index is 0.208. The first-order valence-corrected chi connectivity index (χ1v) is 19.4.